The number of hydrogen-bond donors (Lipinski definition) is 1. The summed E-state index contributed by atoms with van der Waals surface area (Å²) >= 11 is 0. The lowest BCUT2D eigenvalue weighted by Gasteiger charge is -2.13. The molecule has 1 fully saturated rings. The van der Waals surface area contributed by atoms with Gasteiger partial charge in [-0.05, 0) is 38.0 Å². The van der Waals surface area contributed by atoms with Crippen LogP contribution in [0.15, 0.2) is 29.2 Å². The summed E-state index contributed by atoms with van der Waals surface area (Å²) in [5.74, 6) is 0.358. The van der Waals surface area contributed by atoms with Crippen molar-refractivity contribution in [2.24, 2.45) is 0 Å². The zero-order chi connectivity index (χ0) is 16.8. The fourth-order valence-corrected chi connectivity index (χ4v) is 2.87. The van der Waals surface area contributed by atoms with Crippen LogP contribution in [0.4, 0.5) is 5.82 Å². The van der Waals surface area contributed by atoms with E-state index in [0.717, 1.165) is 18.5 Å². The first-order valence-electron chi connectivity index (χ1n) is 7.65. The number of nitrogens with two attached hydrogens (primary N) is 1. The Morgan fingerprint density at radius 2 is 2.17 bits per heavy atom. The third-order valence-electron chi connectivity index (χ3n) is 4.23. The van der Waals surface area contributed by atoms with Crippen LogP contribution in [0.5, 0.6) is 0 Å². The molecule has 24 heavy (non-hydrogen) atoms. The van der Waals surface area contributed by atoms with E-state index in [9.17, 15) is 10.1 Å². The van der Waals surface area contributed by atoms with Crippen LogP contribution < -0.4 is 11.4 Å². The van der Waals surface area contributed by atoms with Gasteiger partial charge in [-0.15, -0.1) is 0 Å². The van der Waals surface area contributed by atoms with Crippen molar-refractivity contribution in [2.75, 3.05) is 5.73 Å². The van der Waals surface area contributed by atoms with Gasteiger partial charge >= 0.3 is 5.69 Å². The van der Waals surface area contributed by atoms with Crippen molar-refractivity contribution in [2.45, 2.75) is 25.7 Å². The largest absolute Gasteiger partial charge is 0.383 e. The minimum atomic E-state index is -0.505. The van der Waals surface area contributed by atoms with Crippen molar-refractivity contribution >= 4 is 16.9 Å². The maximum absolute atomic E-state index is 12.5. The Morgan fingerprint density at radius 1 is 1.38 bits per heavy atom. The average molecular weight is 318 g/mol. The quantitative estimate of drug-likeness (QED) is 0.771. The van der Waals surface area contributed by atoms with Crippen LogP contribution in [0, 0.1) is 18.3 Å². The Kier molecular flexibility index (Phi) is 3.06. The SMILES string of the molecule is Cc1ncccc1-n1c(=O)nc(N)c2cc(C#N)c(C3CC3)nc21. The van der Waals surface area contributed by atoms with Crippen LogP contribution >= 0.6 is 0 Å². The normalized spacial score (nSPS) is 13.8. The van der Waals surface area contributed by atoms with Gasteiger partial charge in [-0.25, -0.2) is 14.3 Å². The summed E-state index contributed by atoms with van der Waals surface area (Å²) < 4.78 is 1.42. The Hall–Kier alpha value is -3.27. The lowest BCUT2D eigenvalue weighted by atomic mass is 10.1. The molecule has 7 heteroatoms. The van der Waals surface area contributed by atoms with Crippen molar-refractivity contribution in [3.63, 3.8) is 0 Å². The summed E-state index contributed by atoms with van der Waals surface area (Å²) in [4.78, 5) is 25.3. The average Bonchev–Trinajstić information content (AvgIpc) is 3.40. The van der Waals surface area contributed by atoms with Crippen LogP contribution in [0.25, 0.3) is 16.7 Å². The summed E-state index contributed by atoms with van der Waals surface area (Å²) in [5, 5.41) is 9.90. The molecule has 0 atom stereocenters. The van der Waals surface area contributed by atoms with Crippen LogP contribution in [0.2, 0.25) is 0 Å². The molecule has 3 heterocycles. The topological polar surface area (TPSA) is 110 Å². The number of aryl methyl sites for hydroxylation is 1. The van der Waals surface area contributed by atoms with Crippen LogP contribution in [-0.4, -0.2) is 19.5 Å². The summed E-state index contributed by atoms with van der Waals surface area (Å²) in [6.45, 7) is 1.81. The second-order valence-corrected chi connectivity index (χ2v) is 5.90. The fraction of sp³-hybridized carbons (Fsp3) is 0.235. The highest BCUT2D eigenvalue weighted by atomic mass is 16.1. The zero-order valence-electron chi connectivity index (χ0n) is 13.0. The van der Waals surface area contributed by atoms with Crippen molar-refractivity contribution in [3.8, 4) is 11.8 Å². The number of fused-ring (bicyclic) bond motifs is 1. The molecule has 0 unspecified atom stereocenters. The fourth-order valence-electron chi connectivity index (χ4n) is 2.87. The number of nitrogen functional groups attached to an aromatic ring is 1. The molecule has 0 amide bonds. The van der Waals surface area contributed by atoms with Crippen molar-refractivity contribution in [1.29, 1.82) is 5.26 Å². The molecule has 0 saturated heterocycles. The molecule has 3 aromatic heterocycles. The highest BCUT2D eigenvalue weighted by Gasteiger charge is 2.29. The number of hydrogen-bond acceptors (Lipinski definition) is 6. The molecule has 2 N–H and O–H groups in total. The summed E-state index contributed by atoms with van der Waals surface area (Å²) in [6, 6.07) is 7.40. The molecule has 3 aromatic rings. The van der Waals surface area contributed by atoms with Gasteiger partial charge in [0.05, 0.1) is 28.0 Å². The van der Waals surface area contributed by atoms with Crippen LogP contribution in [0.3, 0.4) is 0 Å². The van der Waals surface area contributed by atoms with Gasteiger partial charge in [-0.1, -0.05) is 0 Å². The highest BCUT2D eigenvalue weighted by Crippen LogP contribution is 2.41. The second-order valence-electron chi connectivity index (χ2n) is 5.90. The summed E-state index contributed by atoms with van der Waals surface area (Å²) in [6.07, 6.45) is 3.67. The number of rotatable bonds is 2. The lowest BCUT2D eigenvalue weighted by molar-refractivity contribution is 0.908. The van der Waals surface area contributed by atoms with Crippen molar-refractivity contribution in [1.82, 2.24) is 19.5 Å². The molecular formula is C17H14N6O. The predicted octanol–water partition coefficient (Wildman–Crippen LogP) is 1.82. The van der Waals surface area contributed by atoms with Gasteiger partial charge in [0.15, 0.2) is 5.65 Å². The highest BCUT2D eigenvalue weighted by molar-refractivity contribution is 5.88. The molecule has 7 nitrogen and oxygen atoms in total. The van der Waals surface area contributed by atoms with Gasteiger partial charge in [-0.2, -0.15) is 10.2 Å². The molecule has 0 spiro atoms. The molecule has 1 aliphatic carbocycles. The lowest BCUT2D eigenvalue weighted by Crippen LogP contribution is -2.25. The summed E-state index contributed by atoms with van der Waals surface area (Å²) in [7, 11) is 0. The number of nitriles is 1. The third-order valence-corrected chi connectivity index (χ3v) is 4.23. The van der Waals surface area contributed by atoms with Gasteiger partial charge in [0, 0.05) is 12.1 Å². The van der Waals surface area contributed by atoms with E-state index < -0.39 is 5.69 Å². The Balaban J connectivity index is 2.14. The van der Waals surface area contributed by atoms with E-state index in [4.69, 9.17) is 5.73 Å². The Morgan fingerprint density at radius 3 is 2.83 bits per heavy atom. The minimum Gasteiger partial charge on any atom is -0.383 e. The van der Waals surface area contributed by atoms with E-state index in [1.54, 1.807) is 24.4 Å². The molecule has 0 radical (unpaired) electrons. The first kappa shape index (κ1) is 14.3. The standard InChI is InChI=1S/C17H14N6O/c1-9-13(3-2-6-20-9)23-16-12(15(19)22-17(23)24)7-11(8-18)14(21-16)10-4-5-10/h2-3,6-7,10H,4-5H2,1H3,(H2,19,22,24). The van der Waals surface area contributed by atoms with Gasteiger partial charge in [0.1, 0.15) is 11.9 Å². The molecule has 1 saturated carbocycles. The molecule has 0 aliphatic heterocycles. The Bertz CT molecular complexity index is 1070. The van der Waals surface area contributed by atoms with Crippen LogP contribution in [0.1, 0.15) is 35.7 Å². The predicted molar refractivity (Wildman–Crippen MR) is 88.8 cm³/mol. The van der Waals surface area contributed by atoms with Crippen LogP contribution in [-0.2, 0) is 0 Å². The van der Waals surface area contributed by atoms with E-state index in [-0.39, 0.29) is 11.7 Å². The maximum atomic E-state index is 12.5. The van der Waals surface area contributed by atoms with E-state index >= 15 is 0 Å². The molecule has 118 valence electrons. The maximum Gasteiger partial charge on any atom is 0.355 e. The van der Waals surface area contributed by atoms with E-state index in [1.807, 2.05) is 6.92 Å². The Labute approximate surface area is 137 Å². The van der Waals surface area contributed by atoms with Crippen molar-refractivity contribution in [3.05, 3.63) is 51.8 Å². The molecule has 0 aromatic carbocycles. The van der Waals surface area contributed by atoms with E-state index in [2.05, 4.69) is 21.0 Å². The molecule has 4 rings (SSSR count). The van der Waals surface area contributed by atoms with Gasteiger partial charge < -0.3 is 5.73 Å². The zero-order valence-corrected chi connectivity index (χ0v) is 13.0. The molecule has 0 bridgehead atoms. The first-order valence-corrected chi connectivity index (χ1v) is 7.65. The minimum absolute atomic E-state index is 0.0825. The van der Waals surface area contributed by atoms with Gasteiger partial charge in [0.25, 0.3) is 0 Å². The number of nitrogens with zero attached hydrogens (tertiary/aromatic N) is 5. The van der Waals surface area contributed by atoms with E-state index in [0.29, 0.717) is 28.0 Å². The number of aromatic nitrogens is 4. The van der Waals surface area contributed by atoms with E-state index in [1.165, 1.54) is 4.57 Å². The smallest absolute Gasteiger partial charge is 0.355 e. The first-order chi connectivity index (χ1) is 11.6. The summed E-state index contributed by atoms with van der Waals surface area (Å²) in [5.41, 5.74) is 8.35. The number of pyridine rings is 2. The number of anilines is 1. The second kappa shape index (κ2) is 5.13. The monoisotopic (exact) mass is 318 g/mol. The molecular weight excluding hydrogens is 304 g/mol. The third kappa shape index (κ3) is 2.12. The van der Waals surface area contributed by atoms with Gasteiger partial charge in [0.2, 0.25) is 0 Å². The molecule has 1 aliphatic rings. The van der Waals surface area contributed by atoms with Crippen molar-refractivity contribution < 1.29 is 0 Å². The van der Waals surface area contributed by atoms with Gasteiger partial charge in [-0.3, -0.25) is 4.98 Å².